The van der Waals surface area contributed by atoms with Crippen LogP contribution in [0.25, 0.3) is 0 Å². The summed E-state index contributed by atoms with van der Waals surface area (Å²) in [6, 6.07) is 10.1. The largest absolute Gasteiger partial charge is 0.465 e. The number of esters is 2. The molecule has 0 atom stereocenters. The number of aryl methyl sites for hydroxylation is 1. The van der Waals surface area contributed by atoms with Crippen LogP contribution < -0.4 is 0 Å². The van der Waals surface area contributed by atoms with Crippen LogP contribution in [0.2, 0.25) is 0 Å². The van der Waals surface area contributed by atoms with Crippen molar-refractivity contribution in [1.29, 1.82) is 0 Å². The van der Waals surface area contributed by atoms with Crippen LogP contribution in [-0.2, 0) is 25.5 Å². The van der Waals surface area contributed by atoms with Crippen molar-refractivity contribution < 1.29 is 19.1 Å². The van der Waals surface area contributed by atoms with Gasteiger partial charge in [0.05, 0.1) is 13.2 Å². The second-order valence-corrected chi connectivity index (χ2v) is 6.68. The van der Waals surface area contributed by atoms with Crippen molar-refractivity contribution in [3.8, 4) is 0 Å². The van der Waals surface area contributed by atoms with E-state index in [4.69, 9.17) is 9.47 Å². The highest BCUT2D eigenvalue weighted by Crippen LogP contribution is 2.15. The average molecular weight is 363 g/mol. The number of unbranched alkanes of at least 4 members (excludes halogenated alkanes) is 4. The molecular formula is C22H34O4. The van der Waals surface area contributed by atoms with Crippen molar-refractivity contribution in [3.05, 3.63) is 35.9 Å². The third kappa shape index (κ3) is 9.59. The van der Waals surface area contributed by atoms with Gasteiger partial charge in [-0.05, 0) is 37.7 Å². The van der Waals surface area contributed by atoms with Crippen molar-refractivity contribution in [3.63, 3.8) is 0 Å². The van der Waals surface area contributed by atoms with Crippen molar-refractivity contribution >= 4 is 11.9 Å². The quantitative estimate of drug-likeness (QED) is 0.263. The second-order valence-electron chi connectivity index (χ2n) is 6.68. The molecule has 1 rings (SSSR count). The highest BCUT2D eigenvalue weighted by atomic mass is 16.6. The van der Waals surface area contributed by atoms with Gasteiger partial charge in [0.2, 0.25) is 0 Å². The Labute approximate surface area is 158 Å². The van der Waals surface area contributed by atoms with Gasteiger partial charge in [0, 0.05) is 0 Å². The Balaban J connectivity index is 2.49. The Kier molecular flexibility index (Phi) is 12.2. The van der Waals surface area contributed by atoms with E-state index in [-0.39, 0.29) is 0 Å². The Morgan fingerprint density at radius 3 is 1.85 bits per heavy atom. The first kappa shape index (κ1) is 22.2. The van der Waals surface area contributed by atoms with Gasteiger partial charge in [-0.1, -0.05) is 69.9 Å². The lowest BCUT2D eigenvalue weighted by atomic mass is 9.99. The molecule has 146 valence electrons. The number of carbonyl (C=O) groups is 2. The van der Waals surface area contributed by atoms with Crippen LogP contribution in [0.3, 0.4) is 0 Å². The van der Waals surface area contributed by atoms with Crippen molar-refractivity contribution in [2.75, 3.05) is 13.2 Å². The molecule has 0 aliphatic heterocycles. The van der Waals surface area contributed by atoms with Gasteiger partial charge < -0.3 is 9.47 Å². The Bertz CT molecular complexity index is 474. The molecule has 26 heavy (non-hydrogen) atoms. The average Bonchev–Trinajstić information content (AvgIpc) is 2.66. The topological polar surface area (TPSA) is 52.6 Å². The Morgan fingerprint density at radius 2 is 1.35 bits per heavy atom. The van der Waals surface area contributed by atoms with Crippen LogP contribution in [-0.4, -0.2) is 25.2 Å². The van der Waals surface area contributed by atoms with E-state index >= 15 is 0 Å². The number of carbonyl (C=O) groups excluding carboxylic acids is 2. The number of ether oxygens (including phenoxy) is 2. The maximum absolute atomic E-state index is 12.4. The summed E-state index contributed by atoms with van der Waals surface area (Å²) in [7, 11) is 0. The summed E-state index contributed by atoms with van der Waals surface area (Å²) in [5.41, 5.74) is 1.21. The maximum Gasteiger partial charge on any atom is 0.320 e. The zero-order valence-electron chi connectivity index (χ0n) is 16.4. The molecule has 0 unspecified atom stereocenters. The summed E-state index contributed by atoms with van der Waals surface area (Å²) in [6.07, 6.45) is 7.91. The van der Waals surface area contributed by atoms with Gasteiger partial charge in [0.25, 0.3) is 0 Å². The molecule has 0 radical (unpaired) electrons. The van der Waals surface area contributed by atoms with Crippen molar-refractivity contribution in [2.45, 2.75) is 71.6 Å². The molecule has 4 heteroatoms. The van der Waals surface area contributed by atoms with Crippen LogP contribution in [0.15, 0.2) is 30.3 Å². The van der Waals surface area contributed by atoms with E-state index in [2.05, 4.69) is 26.0 Å². The number of hydrogen-bond acceptors (Lipinski definition) is 4. The smallest absolute Gasteiger partial charge is 0.320 e. The number of hydrogen-bond donors (Lipinski definition) is 0. The van der Waals surface area contributed by atoms with E-state index in [0.29, 0.717) is 19.6 Å². The van der Waals surface area contributed by atoms with E-state index in [1.807, 2.05) is 18.2 Å². The molecule has 0 amide bonds. The first-order chi connectivity index (χ1) is 12.7. The van der Waals surface area contributed by atoms with E-state index in [0.717, 1.165) is 51.4 Å². The summed E-state index contributed by atoms with van der Waals surface area (Å²) < 4.78 is 10.6. The fraction of sp³-hybridized carbons (Fsp3) is 0.636. The van der Waals surface area contributed by atoms with E-state index in [1.54, 1.807) is 0 Å². The molecule has 0 aliphatic carbocycles. The minimum absolute atomic E-state index is 0.380. The molecule has 0 saturated carbocycles. The van der Waals surface area contributed by atoms with Crippen LogP contribution >= 0.6 is 0 Å². The molecule has 0 N–H and O–H groups in total. The summed E-state index contributed by atoms with van der Waals surface area (Å²) in [4.78, 5) is 24.7. The normalized spacial score (nSPS) is 10.7. The first-order valence-corrected chi connectivity index (χ1v) is 10.1. The van der Waals surface area contributed by atoms with E-state index < -0.39 is 17.9 Å². The molecule has 1 aromatic carbocycles. The molecule has 0 fully saturated rings. The van der Waals surface area contributed by atoms with Gasteiger partial charge in [0.15, 0.2) is 5.92 Å². The minimum Gasteiger partial charge on any atom is -0.465 e. The van der Waals surface area contributed by atoms with Gasteiger partial charge >= 0.3 is 11.9 Å². The number of rotatable bonds is 14. The van der Waals surface area contributed by atoms with E-state index in [1.165, 1.54) is 5.56 Å². The predicted octanol–water partition coefficient (Wildman–Crippen LogP) is 5.09. The fourth-order valence-electron chi connectivity index (χ4n) is 2.74. The molecule has 1 aromatic rings. The summed E-state index contributed by atoms with van der Waals surface area (Å²) in [5, 5.41) is 0. The van der Waals surface area contributed by atoms with Gasteiger partial charge in [-0.25, -0.2) is 0 Å². The first-order valence-electron chi connectivity index (χ1n) is 10.1. The summed E-state index contributed by atoms with van der Waals surface area (Å²) in [6.45, 7) is 4.96. The zero-order chi connectivity index (χ0) is 19.0. The third-order valence-corrected chi connectivity index (χ3v) is 4.35. The van der Waals surface area contributed by atoms with Gasteiger partial charge in [-0.15, -0.1) is 0 Å². The minimum atomic E-state index is -0.804. The molecular weight excluding hydrogens is 328 g/mol. The standard InChI is InChI=1S/C22H34O4/c1-3-5-10-17-25-21(23)20(22(24)26-18-11-6-4-2)16-12-15-19-13-8-7-9-14-19/h7-9,13-14,20H,3-6,10-12,15-18H2,1-2H3. The summed E-state index contributed by atoms with van der Waals surface area (Å²) in [5.74, 6) is -1.67. The maximum atomic E-state index is 12.4. The third-order valence-electron chi connectivity index (χ3n) is 4.35. The van der Waals surface area contributed by atoms with Crippen molar-refractivity contribution in [1.82, 2.24) is 0 Å². The molecule has 0 aliphatic rings. The zero-order valence-corrected chi connectivity index (χ0v) is 16.4. The predicted molar refractivity (Wildman–Crippen MR) is 104 cm³/mol. The second kappa shape index (κ2) is 14.3. The van der Waals surface area contributed by atoms with Crippen LogP contribution in [0.4, 0.5) is 0 Å². The van der Waals surface area contributed by atoms with Gasteiger partial charge in [-0.3, -0.25) is 9.59 Å². The SMILES string of the molecule is CCCCCOC(=O)C(CCCc1ccccc1)C(=O)OCCCCC. The molecule has 4 nitrogen and oxygen atoms in total. The van der Waals surface area contributed by atoms with Crippen LogP contribution in [0, 0.1) is 5.92 Å². The lowest BCUT2D eigenvalue weighted by molar-refractivity contribution is -0.162. The van der Waals surface area contributed by atoms with E-state index in [9.17, 15) is 9.59 Å². The summed E-state index contributed by atoms with van der Waals surface area (Å²) >= 11 is 0. The molecule has 0 bridgehead atoms. The number of benzene rings is 1. The highest BCUT2D eigenvalue weighted by molar-refractivity contribution is 5.94. The Hall–Kier alpha value is -1.84. The Morgan fingerprint density at radius 1 is 0.808 bits per heavy atom. The van der Waals surface area contributed by atoms with Gasteiger partial charge in [-0.2, -0.15) is 0 Å². The molecule has 0 heterocycles. The molecule has 0 saturated heterocycles. The van der Waals surface area contributed by atoms with Crippen LogP contribution in [0.1, 0.15) is 70.8 Å². The lowest BCUT2D eigenvalue weighted by Gasteiger charge is -2.15. The lowest BCUT2D eigenvalue weighted by Crippen LogP contribution is -2.28. The van der Waals surface area contributed by atoms with Crippen LogP contribution in [0.5, 0.6) is 0 Å². The van der Waals surface area contributed by atoms with Gasteiger partial charge in [0.1, 0.15) is 0 Å². The highest BCUT2D eigenvalue weighted by Gasteiger charge is 2.29. The van der Waals surface area contributed by atoms with Crippen molar-refractivity contribution in [2.24, 2.45) is 5.92 Å². The molecule has 0 spiro atoms. The molecule has 0 aromatic heterocycles. The monoisotopic (exact) mass is 362 g/mol. The fourth-order valence-corrected chi connectivity index (χ4v) is 2.74.